The summed E-state index contributed by atoms with van der Waals surface area (Å²) in [6.07, 6.45) is 5.05. The van der Waals surface area contributed by atoms with Crippen molar-refractivity contribution in [2.24, 2.45) is 0 Å². The molecular formula is C17H19NO3. The van der Waals surface area contributed by atoms with Gasteiger partial charge in [0.25, 0.3) is 0 Å². The Morgan fingerprint density at radius 3 is 2.33 bits per heavy atom. The molecule has 4 heteroatoms. The largest absolute Gasteiger partial charge is 0.493 e. The summed E-state index contributed by atoms with van der Waals surface area (Å²) in [7, 11) is 3.18. The molecule has 0 saturated carbocycles. The molecule has 0 aliphatic rings. The second-order valence-corrected chi connectivity index (χ2v) is 5.14. The molecule has 4 nitrogen and oxygen atoms in total. The third-order valence-electron chi connectivity index (χ3n) is 3.62. The Hall–Kier alpha value is -2.36. The highest BCUT2D eigenvalue weighted by Crippen LogP contribution is 2.34. The van der Waals surface area contributed by atoms with Crippen LogP contribution in [-0.4, -0.2) is 25.5 Å². The fourth-order valence-corrected chi connectivity index (χ4v) is 2.33. The van der Waals surface area contributed by atoms with Crippen LogP contribution in [0.1, 0.15) is 18.1 Å². The lowest BCUT2D eigenvalue weighted by Crippen LogP contribution is -2.27. The monoisotopic (exact) mass is 285 g/mol. The summed E-state index contributed by atoms with van der Waals surface area (Å²) < 4.78 is 10.6. The molecule has 1 heterocycles. The van der Waals surface area contributed by atoms with E-state index >= 15 is 0 Å². The normalized spacial score (nSPS) is 13.3. The predicted molar refractivity (Wildman–Crippen MR) is 80.9 cm³/mol. The molecule has 2 aromatic rings. The summed E-state index contributed by atoms with van der Waals surface area (Å²) in [6.45, 7) is 1.92. The number of pyridine rings is 1. The first-order valence-electron chi connectivity index (χ1n) is 6.70. The molecule has 0 aliphatic carbocycles. The summed E-state index contributed by atoms with van der Waals surface area (Å²) >= 11 is 0. The van der Waals surface area contributed by atoms with Gasteiger partial charge in [0.2, 0.25) is 0 Å². The minimum Gasteiger partial charge on any atom is -0.493 e. The molecule has 0 fully saturated rings. The summed E-state index contributed by atoms with van der Waals surface area (Å²) in [5, 5.41) is 0. The third kappa shape index (κ3) is 3.21. The number of ether oxygens (including phenoxy) is 2. The first-order valence-corrected chi connectivity index (χ1v) is 6.70. The first kappa shape index (κ1) is 15.0. The molecule has 21 heavy (non-hydrogen) atoms. The highest BCUT2D eigenvalue weighted by molar-refractivity contribution is 5.69. The van der Waals surface area contributed by atoms with Crippen LogP contribution in [0.4, 0.5) is 0 Å². The molecule has 0 N–H and O–H groups in total. The third-order valence-corrected chi connectivity index (χ3v) is 3.62. The molecule has 110 valence electrons. The van der Waals surface area contributed by atoms with Crippen LogP contribution >= 0.6 is 0 Å². The smallest absolute Gasteiger partial charge is 0.161 e. The first-order chi connectivity index (χ1) is 10.1. The SMILES string of the molecule is COc1ccc(C(C)(C=O)Cc2ccncc2)cc1OC. The lowest BCUT2D eigenvalue weighted by molar-refractivity contribution is -0.112. The topological polar surface area (TPSA) is 48.4 Å². The average Bonchev–Trinajstić information content (AvgIpc) is 2.54. The molecule has 1 unspecified atom stereocenters. The van der Waals surface area contributed by atoms with Crippen molar-refractivity contribution in [1.82, 2.24) is 4.98 Å². The number of nitrogens with zero attached hydrogens (tertiary/aromatic N) is 1. The van der Waals surface area contributed by atoms with Crippen molar-refractivity contribution in [3.63, 3.8) is 0 Å². The van der Waals surface area contributed by atoms with Crippen LogP contribution in [0.5, 0.6) is 11.5 Å². The maximum Gasteiger partial charge on any atom is 0.161 e. The summed E-state index contributed by atoms with van der Waals surface area (Å²) in [6, 6.07) is 9.42. The van der Waals surface area contributed by atoms with Crippen molar-refractivity contribution in [3.05, 3.63) is 53.9 Å². The van der Waals surface area contributed by atoms with E-state index in [1.165, 1.54) is 0 Å². The van der Waals surface area contributed by atoms with Gasteiger partial charge in [-0.2, -0.15) is 0 Å². The van der Waals surface area contributed by atoms with Gasteiger partial charge in [-0.05, 0) is 48.7 Å². The molecule has 1 atom stereocenters. The Bertz CT molecular complexity index is 613. The number of aldehydes is 1. The van der Waals surface area contributed by atoms with Gasteiger partial charge in [-0.25, -0.2) is 0 Å². The maximum atomic E-state index is 11.7. The summed E-state index contributed by atoms with van der Waals surface area (Å²) in [5.41, 5.74) is 1.34. The molecule has 1 aromatic heterocycles. The van der Waals surface area contributed by atoms with Crippen molar-refractivity contribution in [1.29, 1.82) is 0 Å². The molecule has 0 radical (unpaired) electrons. The Morgan fingerprint density at radius 2 is 1.76 bits per heavy atom. The van der Waals surface area contributed by atoms with E-state index in [-0.39, 0.29) is 0 Å². The number of benzene rings is 1. The zero-order valence-corrected chi connectivity index (χ0v) is 12.5. The van der Waals surface area contributed by atoms with Gasteiger partial charge in [0.1, 0.15) is 6.29 Å². The summed E-state index contributed by atoms with van der Waals surface area (Å²) in [5.74, 6) is 1.27. The van der Waals surface area contributed by atoms with Gasteiger partial charge in [-0.15, -0.1) is 0 Å². The molecule has 2 rings (SSSR count). The van der Waals surface area contributed by atoms with Crippen LogP contribution in [0.15, 0.2) is 42.7 Å². The lowest BCUT2D eigenvalue weighted by Gasteiger charge is -2.24. The van der Waals surface area contributed by atoms with E-state index in [1.807, 2.05) is 37.3 Å². The average molecular weight is 285 g/mol. The Kier molecular flexibility index (Phi) is 4.58. The van der Waals surface area contributed by atoms with Gasteiger partial charge >= 0.3 is 0 Å². The Labute approximate surface area is 124 Å². The number of carbonyl (C=O) groups excluding carboxylic acids is 1. The Morgan fingerprint density at radius 1 is 1.10 bits per heavy atom. The Balaban J connectivity index is 2.38. The maximum absolute atomic E-state index is 11.7. The zero-order valence-electron chi connectivity index (χ0n) is 12.5. The fraction of sp³-hybridized carbons (Fsp3) is 0.294. The molecule has 0 bridgehead atoms. The highest BCUT2D eigenvalue weighted by Gasteiger charge is 2.27. The second kappa shape index (κ2) is 6.39. The minimum absolute atomic E-state index is 0.606. The van der Waals surface area contributed by atoms with Crippen LogP contribution in [0.3, 0.4) is 0 Å². The van der Waals surface area contributed by atoms with Gasteiger partial charge in [0.15, 0.2) is 11.5 Å². The standard InChI is InChI=1S/C17H19NO3/c1-17(12-19,11-13-6-8-18-9-7-13)14-4-5-15(20-2)16(10-14)21-3/h4-10,12H,11H2,1-3H3. The van der Waals surface area contributed by atoms with E-state index in [0.29, 0.717) is 17.9 Å². The van der Waals surface area contributed by atoms with Crippen molar-refractivity contribution in [3.8, 4) is 11.5 Å². The molecule has 0 saturated heterocycles. The van der Waals surface area contributed by atoms with Crippen molar-refractivity contribution < 1.29 is 14.3 Å². The number of rotatable bonds is 6. The van der Waals surface area contributed by atoms with E-state index < -0.39 is 5.41 Å². The van der Waals surface area contributed by atoms with Crippen LogP contribution in [0, 0.1) is 0 Å². The number of carbonyl (C=O) groups is 1. The van der Waals surface area contributed by atoms with Crippen molar-refractivity contribution in [2.75, 3.05) is 14.2 Å². The van der Waals surface area contributed by atoms with E-state index in [9.17, 15) is 4.79 Å². The van der Waals surface area contributed by atoms with Gasteiger partial charge < -0.3 is 14.3 Å². The lowest BCUT2D eigenvalue weighted by atomic mass is 9.78. The van der Waals surface area contributed by atoms with Gasteiger partial charge in [-0.3, -0.25) is 4.98 Å². The minimum atomic E-state index is -0.624. The molecular weight excluding hydrogens is 266 g/mol. The molecule has 0 amide bonds. The zero-order chi connectivity index (χ0) is 15.3. The molecule has 1 aromatic carbocycles. The van der Waals surface area contributed by atoms with Gasteiger partial charge in [-0.1, -0.05) is 6.07 Å². The van der Waals surface area contributed by atoms with Crippen LogP contribution < -0.4 is 9.47 Å². The number of hydrogen-bond acceptors (Lipinski definition) is 4. The van der Waals surface area contributed by atoms with Crippen molar-refractivity contribution >= 4 is 6.29 Å². The van der Waals surface area contributed by atoms with E-state index in [1.54, 1.807) is 26.6 Å². The van der Waals surface area contributed by atoms with Crippen LogP contribution in [0.2, 0.25) is 0 Å². The predicted octanol–water partition coefficient (Wildman–Crippen LogP) is 2.80. The van der Waals surface area contributed by atoms with E-state index in [0.717, 1.165) is 17.4 Å². The second-order valence-electron chi connectivity index (χ2n) is 5.14. The van der Waals surface area contributed by atoms with E-state index in [2.05, 4.69) is 4.98 Å². The summed E-state index contributed by atoms with van der Waals surface area (Å²) in [4.78, 5) is 15.7. The number of aromatic nitrogens is 1. The quantitative estimate of drug-likeness (QED) is 0.766. The van der Waals surface area contributed by atoms with Crippen molar-refractivity contribution in [2.45, 2.75) is 18.8 Å². The number of hydrogen-bond donors (Lipinski definition) is 0. The fourth-order valence-electron chi connectivity index (χ4n) is 2.33. The van der Waals surface area contributed by atoms with Gasteiger partial charge in [0, 0.05) is 12.4 Å². The highest BCUT2D eigenvalue weighted by atomic mass is 16.5. The van der Waals surface area contributed by atoms with Crippen LogP contribution in [-0.2, 0) is 16.6 Å². The number of methoxy groups -OCH3 is 2. The molecule has 0 aliphatic heterocycles. The molecule has 0 spiro atoms. The van der Waals surface area contributed by atoms with E-state index in [4.69, 9.17) is 9.47 Å². The van der Waals surface area contributed by atoms with Gasteiger partial charge in [0.05, 0.1) is 19.6 Å². The van der Waals surface area contributed by atoms with Crippen LogP contribution in [0.25, 0.3) is 0 Å².